The molecule has 2 heterocycles. The summed E-state index contributed by atoms with van der Waals surface area (Å²) in [5, 5.41) is 4.22. The third kappa shape index (κ3) is 7.28. The molecule has 1 aliphatic rings. The number of carbonyl (C=O) groups excluding carboxylic acids is 1. The van der Waals surface area contributed by atoms with Gasteiger partial charge < -0.3 is 14.8 Å². The lowest BCUT2D eigenvalue weighted by Gasteiger charge is -2.36. The molecule has 35 heavy (non-hydrogen) atoms. The largest absolute Gasteiger partial charge is 0.368 e. The maximum atomic E-state index is 12.8. The maximum absolute atomic E-state index is 12.8. The summed E-state index contributed by atoms with van der Waals surface area (Å²) in [5.74, 6) is 0.774. The first-order valence-corrected chi connectivity index (χ1v) is 12.2. The topological polar surface area (TPSA) is 53.4 Å². The van der Waals surface area contributed by atoms with Crippen molar-refractivity contribution in [2.75, 3.05) is 44.2 Å². The molecule has 1 amide bonds. The molecule has 1 fully saturated rings. The molecule has 6 nitrogen and oxygen atoms in total. The number of amides is 1. The van der Waals surface area contributed by atoms with Gasteiger partial charge in [-0.25, -0.2) is 4.98 Å². The number of benzene rings is 2. The van der Waals surface area contributed by atoms with Gasteiger partial charge in [-0.2, -0.15) is 0 Å². The number of imidazole rings is 1. The number of nitrogens with zero attached hydrogens (tertiary/aromatic N) is 4. The molecule has 2 aromatic carbocycles. The summed E-state index contributed by atoms with van der Waals surface area (Å²) >= 11 is 12.5. The smallest absolute Gasteiger partial charge is 0.271 e. The number of hydrogen-bond acceptors (Lipinski definition) is 4. The van der Waals surface area contributed by atoms with Crippen molar-refractivity contribution < 1.29 is 4.79 Å². The second kappa shape index (κ2) is 14.0. The SMILES string of the molecule is CCCc1nc(C(=O)NCCN2CCN(c3cccc(Cl)c3Cl)CC2)cn1-c1ccccc1.Cl.Cl. The van der Waals surface area contributed by atoms with Crippen molar-refractivity contribution in [3.8, 4) is 5.69 Å². The van der Waals surface area contributed by atoms with Gasteiger partial charge in [-0.15, -0.1) is 24.8 Å². The van der Waals surface area contributed by atoms with Crippen molar-refractivity contribution in [3.05, 3.63) is 76.3 Å². The van der Waals surface area contributed by atoms with Gasteiger partial charge in [0.15, 0.2) is 0 Å². The highest BCUT2D eigenvalue weighted by Crippen LogP contribution is 2.32. The van der Waals surface area contributed by atoms with E-state index < -0.39 is 0 Å². The van der Waals surface area contributed by atoms with Crippen LogP contribution in [0.1, 0.15) is 29.7 Å². The van der Waals surface area contributed by atoms with E-state index in [2.05, 4.69) is 27.0 Å². The van der Waals surface area contributed by atoms with E-state index in [9.17, 15) is 4.79 Å². The molecule has 0 spiro atoms. The lowest BCUT2D eigenvalue weighted by Crippen LogP contribution is -2.48. The van der Waals surface area contributed by atoms with Gasteiger partial charge in [0.2, 0.25) is 0 Å². The molecule has 1 aliphatic heterocycles. The molecular formula is C25H31Cl4N5O. The quantitative estimate of drug-likeness (QED) is 0.395. The van der Waals surface area contributed by atoms with Crippen molar-refractivity contribution in [1.82, 2.24) is 19.8 Å². The fourth-order valence-corrected chi connectivity index (χ4v) is 4.52. The molecular weight excluding hydrogens is 528 g/mol. The first kappa shape index (κ1) is 29.3. The van der Waals surface area contributed by atoms with Crippen molar-refractivity contribution >= 4 is 59.6 Å². The highest BCUT2D eigenvalue weighted by molar-refractivity contribution is 6.43. The van der Waals surface area contributed by atoms with Crippen LogP contribution in [-0.4, -0.2) is 59.6 Å². The summed E-state index contributed by atoms with van der Waals surface area (Å²) < 4.78 is 2.01. The Morgan fingerprint density at radius 1 is 1.00 bits per heavy atom. The van der Waals surface area contributed by atoms with Crippen LogP contribution in [0.3, 0.4) is 0 Å². The molecule has 0 bridgehead atoms. The van der Waals surface area contributed by atoms with Gasteiger partial charge in [0.1, 0.15) is 11.5 Å². The number of nitrogens with one attached hydrogen (secondary N) is 1. The number of hydrogen-bond donors (Lipinski definition) is 1. The highest BCUT2D eigenvalue weighted by atomic mass is 35.5. The monoisotopic (exact) mass is 557 g/mol. The zero-order chi connectivity index (χ0) is 23.2. The van der Waals surface area contributed by atoms with Gasteiger partial charge in [0.25, 0.3) is 5.91 Å². The van der Waals surface area contributed by atoms with Gasteiger partial charge in [-0.05, 0) is 30.7 Å². The van der Waals surface area contributed by atoms with E-state index in [1.165, 1.54) is 0 Å². The fraction of sp³-hybridized carbons (Fsp3) is 0.360. The fourth-order valence-electron chi connectivity index (χ4n) is 4.11. The predicted molar refractivity (Wildman–Crippen MR) is 150 cm³/mol. The van der Waals surface area contributed by atoms with Crippen molar-refractivity contribution in [2.45, 2.75) is 19.8 Å². The van der Waals surface area contributed by atoms with E-state index >= 15 is 0 Å². The minimum absolute atomic E-state index is 0. The number of piperazine rings is 1. The predicted octanol–water partition coefficient (Wildman–Crippen LogP) is 5.53. The number of rotatable bonds is 8. The standard InChI is InChI=1S/C25H29Cl2N5O.2ClH/c1-2-7-23-29-21(18-32(23)19-8-4-3-5-9-19)25(33)28-12-13-30-14-16-31(17-15-30)22-11-6-10-20(26)24(22)27;;/h3-6,8-11,18H,2,7,12-17H2,1H3,(H,28,33);2*1H. The van der Waals surface area contributed by atoms with Crippen molar-refractivity contribution in [1.29, 1.82) is 0 Å². The maximum Gasteiger partial charge on any atom is 0.271 e. The first-order chi connectivity index (χ1) is 16.1. The Hall–Kier alpha value is -1.96. The molecule has 3 aromatic rings. The molecule has 1 aromatic heterocycles. The third-order valence-electron chi connectivity index (χ3n) is 5.88. The third-order valence-corrected chi connectivity index (χ3v) is 6.69. The molecule has 1 N–H and O–H groups in total. The Balaban J connectivity index is 0.00000216. The number of aryl methyl sites for hydroxylation is 1. The molecule has 10 heteroatoms. The van der Waals surface area contributed by atoms with Crippen LogP contribution < -0.4 is 10.2 Å². The first-order valence-electron chi connectivity index (χ1n) is 11.4. The number of halogens is 4. The second-order valence-corrected chi connectivity index (χ2v) is 8.94. The summed E-state index contributed by atoms with van der Waals surface area (Å²) in [4.78, 5) is 22.0. The molecule has 1 saturated heterocycles. The minimum atomic E-state index is -0.133. The van der Waals surface area contributed by atoms with Crippen LogP contribution in [0.2, 0.25) is 10.0 Å². The van der Waals surface area contributed by atoms with E-state index in [1.807, 2.05) is 53.2 Å². The van der Waals surface area contributed by atoms with Crippen molar-refractivity contribution in [3.63, 3.8) is 0 Å². The van der Waals surface area contributed by atoms with Crippen LogP contribution in [0.5, 0.6) is 0 Å². The summed E-state index contributed by atoms with van der Waals surface area (Å²) in [5.41, 5.74) is 2.46. The zero-order valence-electron chi connectivity index (χ0n) is 19.6. The Morgan fingerprint density at radius 2 is 1.71 bits per heavy atom. The van der Waals surface area contributed by atoms with Crippen LogP contribution in [-0.2, 0) is 6.42 Å². The van der Waals surface area contributed by atoms with Crippen LogP contribution in [0.25, 0.3) is 5.69 Å². The van der Waals surface area contributed by atoms with E-state index in [0.717, 1.165) is 62.8 Å². The number of aromatic nitrogens is 2. The second-order valence-electron chi connectivity index (χ2n) is 8.16. The van der Waals surface area contributed by atoms with E-state index in [4.69, 9.17) is 23.2 Å². The van der Waals surface area contributed by atoms with Crippen molar-refractivity contribution in [2.24, 2.45) is 0 Å². The normalized spacial score (nSPS) is 13.6. The van der Waals surface area contributed by atoms with Gasteiger partial charge in [0.05, 0.1) is 15.7 Å². The summed E-state index contributed by atoms with van der Waals surface area (Å²) in [6.07, 6.45) is 3.63. The average molecular weight is 559 g/mol. The zero-order valence-corrected chi connectivity index (χ0v) is 22.8. The van der Waals surface area contributed by atoms with Crippen LogP contribution >= 0.6 is 48.0 Å². The minimum Gasteiger partial charge on any atom is -0.368 e. The van der Waals surface area contributed by atoms with Gasteiger partial charge in [0, 0.05) is 57.6 Å². The van der Waals surface area contributed by atoms with Crippen LogP contribution in [0.15, 0.2) is 54.7 Å². The Morgan fingerprint density at radius 3 is 2.40 bits per heavy atom. The Kier molecular flexibility index (Phi) is 11.7. The van der Waals surface area contributed by atoms with Crippen LogP contribution in [0, 0.1) is 0 Å². The lowest BCUT2D eigenvalue weighted by atomic mass is 10.2. The summed E-state index contributed by atoms with van der Waals surface area (Å²) in [6.45, 7) is 7.04. The number of carbonyl (C=O) groups is 1. The van der Waals surface area contributed by atoms with Gasteiger partial charge in [-0.1, -0.05) is 54.4 Å². The summed E-state index contributed by atoms with van der Waals surface area (Å²) in [7, 11) is 0. The Labute approximate surface area is 229 Å². The molecule has 0 saturated carbocycles. The summed E-state index contributed by atoms with van der Waals surface area (Å²) in [6, 6.07) is 15.8. The number of para-hydroxylation sites is 1. The average Bonchev–Trinajstić information content (AvgIpc) is 3.26. The molecule has 4 rings (SSSR count). The highest BCUT2D eigenvalue weighted by Gasteiger charge is 2.20. The van der Waals surface area contributed by atoms with Gasteiger partial charge >= 0.3 is 0 Å². The van der Waals surface area contributed by atoms with Crippen LogP contribution in [0.4, 0.5) is 5.69 Å². The van der Waals surface area contributed by atoms with E-state index in [0.29, 0.717) is 22.3 Å². The van der Waals surface area contributed by atoms with Gasteiger partial charge in [-0.3, -0.25) is 9.69 Å². The van der Waals surface area contributed by atoms with E-state index in [-0.39, 0.29) is 30.7 Å². The molecule has 0 unspecified atom stereocenters. The number of anilines is 1. The molecule has 0 radical (unpaired) electrons. The molecule has 190 valence electrons. The van der Waals surface area contributed by atoms with E-state index in [1.54, 1.807) is 6.07 Å². The molecule has 0 atom stereocenters. The molecule has 0 aliphatic carbocycles. The Bertz CT molecular complexity index is 1080. The lowest BCUT2D eigenvalue weighted by molar-refractivity contribution is 0.0943.